The van der Waals surface area contributed by atoms with E-state index in [2.05, 4.69) is 88.2 Å². The molecule has 0 N–H and O–H groups in total. The summed E-state index contributed by atoms with van der Waals surface area (Å²) in [5.74, 6) is 0. The second-order valence-corrected chi connectivity index (χ2v) is 12.6. The van der Waals surface area contributed by atoms with Crippen molar-refractivity contribution < 1.29 is 51.6 Å². The quantitative estimate of drug-likeness (QED) is 0.0726. The first-order chi connectivity index (χ1) is 27.4. The molecular weight excluding hydrogens is 958 g/mol. The van der Waals surface area contributed by atoms with E-state index in [4.69, 9.17) is 20.5 Å². The van der Waals surface area contributed by atoms with E-state index < -0.39 is 14.5 Å². The molecule has 0 fully saturated rings. The fourth-order valence-corrected chi connectivity index (χ4v) is 5.52. The van der Waals surface area contributed by atoms with Crippen LogP contribution in [0.15, 0.2) is 131 Å². The zero-order valence-electron chi connectivity index (χ0n) is 30.4. The third kappa shape index (κ3) is 17.0. The summed E-state index contributed by atoms with van der Waals surface area (Å²) in [6, 6.07) is 39.5. The zero-order valence-corrected chi connectivity index (χ0v) is 34.7. The number of pyridine rings is 6. The van der Waals surface area contributed by atoms with Crippen molar-refractivity contribution in [1.82, 2.24) is 29.9 Å². The predicted octanol–water partition coefficient (Wildman–Crippen LogP) is 12.9. The van der Waals surface area contributed by atoms with Crippen molar-refractivity contribution in [3.8, 4) is 34.9 Å². The van der Waals surface area contributed by atoms with Gasteiger partial charge in [0.05, 0.1) is 57.0 Å². The van der Waals surface area contributed by atoms with Gasteiger partial charge in [-0.2, -0.15) is 10.5 Å². The number of nitriles is 2. The first-order valence-electron chi connectivity index (χ1n) is 16.4. The second kappa shape index (κ2) is 23.7. The molecule has 0 atom stereocenters. The number of fused-ring (bicyclic) bond motifs is 6. The molecule has 2 aromatic carbocycles. The summed E-state index contributed by atoms with van der Waals surface area (Å²) in [7, 11) is -12.0. The minimum Gasteiger partial charge on any atom is -0.418 e. The van der Waals surface area contributed by atoms with Crippen molar-refractivity contribution in [2.45, 2.75) is 13.8 Å². The van der Waals surface area contributed by atoms with Crippen LogP contribution in [-0.2, 0) is 17.1 Å². The van der Waals surface area contributed by atoms with Crippen molar-refractivity contribution in [2.24, 2.45) is 0 Å². The number of hydrogen-bond acceptors (Lipinski definition) is 8. The van der Waals surface area contributed by atoms with Crippen molar-refractivity contribution in [3.63, 3.8) is 0 Å². The van der Waals surface area contributed by atoms with Crippen LogP contribution in [0.4, 0.5) is 34.5 Å². The summed E-state index contributed by atoms with van der Waals surface area (Å²) < 4.78 is 79.6. The standard InChI is InChI=1S/2C17H10BrN3.2C2H3N.2BF4.Fe/c2*18-15-5-1-4-13(20-15)14-9-8-12-7-6-11-3-2-10-19-16(11)17(12)21-14;2*1-2-3;2*2-1(3,4)5;/h2*1-10H;2*1H3;;;/q;;;;2*-1;+2. The first-order valence-corrected chi connectivity index (χ1v) is 18.0. The van der Waals surface area contributed by atoms with Crippen LogP contribution in [0.3, 0.4) is 0 Å². The Kier molecular flexibility index (Phi) is 19.9. The Balaban J connectivity index is 0.000000297. The summed E-state index contributed by atoms with van der Waals surface area (Å²) in [6.45, 7) is 2.86. The molecule has 6 aromatic heterocycles. The number of benzene rings is 2. The molecule has 0 aliphatic rings. The number of hydrogen-bond donors (Lipinski definition) is 0. The van der Waals surface area contributed by atoms with Crippen LogP contribution in [0.1, 0.15) is 13.8 Å². The van der Waals surface area contributed by atoms with Crippen LogP contribution in [-0.4, -0.2) is 44.4 Å². The van der Waals surface area contributed by atoms with E-state index in [1.807, 2.05) is 72.8 Å². The molecule has 21 heteroatoms. The van der Waals surface area contributed by atoms with Crippen LogP contribution in [0.2, 0.25) is 0 Å². The van der Waals surface area contributed by atoms with Gasteiger partial charge in [-0.05, 0) is 80.4 Å². The molecule has 6 heterocycles. The third-order valence-corrected chi connectivity index (χ3v) is 7.70. The normalized spacial score (nSPS) is 10.2. The van der Waals surface area contributed by atoms with Crippen molar-refractivity contribution in [1.29, 1.82) is 10.5 Å². The summed E-state index contributed by atoms with van der Waals surface area (Å²) in [5.41, 5.74) is 7.06. The molecule has 302 valence electrons. The van der Waals surface area contributed by atoms with Gasteiger partial charge in [0.1, 0.15) is 9.21 Å². The maximum Gasteiger partial charge on any atom is 2.00 e. The predicted molar refractivity (Wildman–Crippen MR) is 219 cm³/mol. The minimum atomic E-state index is -6.00. The van der Waals surface area contributed by atoms with Gasteiger partial charge >= 0.3 is 31.6 Å². The number of halogens is 10. The van der Waals surface area contributed by atoms with E-state index in [0.717, 1.165) is 75.6 Å². The van der Waals surface area contributed by atoms with Crippen LogP contribution in [0.25, 0.3) is 66.4 Å². The summed E-state index contributed by atoms with van der Waals surface area (Å²) in [5, 5.41) is 19.0. The fraction of sp³-hybridized carbons (Fsp3) is 0.0526. The topological polar surface area (TPSA) is 125 Å². The molecule has 0 saturated heterocycles. The SMILES string of the molecule is Brc1cccc(-c2ccc3ccc4cccnc4c3n2)n1.Brc1cccc(-c2ccc3ccc4cccnc4c3n2)n1.CC#N.CC#N.F[B-](F)(F)F.F[B-](F)(F)F.[Fe+2]. The van der Waals surface area contributed by atoms with Gasteiger partial charge in [0.15, 0.2) is 0 Å². The zero-order chi connectivity index (χ0) is 42.9. The minimum absolute atomic E-state index is 0. The van der Waals surface area contributed by atoms with E-state index in [0.29, 0.717) is 0 Å². The average Bonchev–Trinajstić information content (AvgIpc) is 3.17. The largest absolute Gasteiger partial charge is 2.00 e. The van der Waals surface area contributed by atoms with Crippen molar-refractivity contribution in [2.75, 3.05) is 0 Å². The molecule has 0 saturated carbocycles. The third-order valence-electron chi connectivity index (χ3n) is 6.82. The van der Waals surface area contributed by atoms with E-state index >= 15 is 0 Å². The molecule has 0 amide bonds. The second-order valence-electron chi connectivity index (χ2n) is 10.9. The van der Waals surface area contributed by atoms with Crippen LogP contribution >= 0.6 is 31.9 Å². The Labute approximate surface area is 359 Å². The maximum absolute atomic E-state index is 9.75. The van der Waals surface area contributed by atoms with Gasteiger partial charge in [-0.15, -0.1) is 0 Å². The van der Waals surface area contributed by atoms with Crippen LogP contribution in [0.5, 0.6) is 0 Å². The number of aromatic nitrogens is 6. The first kappa shape index (κ1) is 49.6. The van der Waals surface area contributed by atoms with Gasteiger partial charge in [0.2, 0.25) is 0 Å². The van der Waals surface area contributed by atoms with Gasteiger partial charge < -0.3 is 34.5 Å². The van der Waals surface area contributed by atoms with Gasteiger partial charge in [0, 0.05) is 47.8 Å². The van der Waals surface area contributed by atoms with Crippen molar-refractivity contribution in [3.05, 3.63) is 131 Å². The molecule has 0 radical (unpaired) electrons. The Hall–Kier alpha value is -5.59. The van der Waals surface area contributed by atoms with E-state index in [9.17, 15) is 34.5 Å². The number of nitrogens with zero attached hydrogens (tertiary/aromatic N) is 8. The maximum atomic E-state index is 9.75. The molecule has 8 rings (SSSR count). The smallest absolute Gasteiger partial charge is 0.418 e. The Morgan fingerprint density at radius 3 is 1.00 bits per heavy atom. The van der Waals surface area contributed by atoms with Crippen LogP contribution in [0, 0.1) is 22.7 Å². The van der Waals surface area contributed by atoms with Gasteiger partial charge in [-0.1, -0.05) is 60.7 Å². The number of rotatable bonds is 2. The Bertz CT molecular complexity index is 2500. The summed E-state index contributed by atoms with van der Waals surface area (Å²) in [6.07, 6.45) is 3.60. The van der Waals surface area contributed by atoms with E-state index in [-0.39, 0.29) is 17.1 Å². The molecule has 59 heavy (non-hydrogen) atoms. The Morgan fingerprint density at radius 1 is 0.424 bits per heavy atom. The fourth-order valence-electron chi connectivity index (χ4n) is 4.83. The average molecular weight is 984 g/mol. The van der Waals surface area contributed by atoms with Crippen molar-refractivity contribution >= 4 is 90.0 Å². The van der Waals surface area contributed by atoms with Gasteiger partial charge in [-0.25, -0.2) is 19.9 Å². The monoisotopic (exact) mass is 982 g/mol. The summed E-state index contributed by atoms with van der Waals surface area (Å²) in [4.78, 5) is 27.4. The van der Waals surface area contributed by atoms with Gasteiger partial charge in [-0.3, -0.25) is 9.97 Å². The summed E-state index contributed by atoms with van der Waals surface area (Å²) >= 11 is 6.80. The van der Waals surface area contributed by atoms with Crippen LogP contribution < -0.4 is 0 Å². The molecule has 0 bridgehead atoms. The molecule has 0 aliphatic carbocycles. The molecular formula is C38H26B2Br2F8FeN8. The van der Waals surface area contributed by atoms with E-state index in [1.165, 1.54) is 13.8 Å². The Morgan fingerprint density at radius 2 is 0.695 bits per heavy atom. The molecule has 8 aromatic rings. The van der Waals surface area contributed by atoms with E-state index in [1.54, 1.807) is 24.5 Å². The molecule has 0 aliphatic heterocycles. The van der Waals surface area contributed by atoms with Gasteiger partial charge in [0.25, 0.3) is 0 Å². The molecule has 0 spiro atoms. The molecule has 8 nitrogen and oxygen atoms in total. The molecule has 0 unspecified atom stereocenters.